The van der Waals surface area contributed by atoms with E-state index >= 15 is 0 Å². The molecule has 1 N–H and O–H groups in total. The van der Waals surface area contributed by atoms with Crippen LogP contribution in [0.1, 0.15) is 11.1 Å². The van der Waals surface area contributed by atoms with Crippen molar-refractivity contribution in [2.24, 2.45) is 0 Å². The number of rotatable bonds is 2. The maximum Gasteiger partial charge on any atom is 0.135 e. The minimum atomic E-state index is -0.0837. The van der Waals surface area contributed by atoms with Crippen LogP contribution in [0, 0.1) is 0 Å². The van der Waals surface area contributed by atoms with E-state index in [0.29, 0.717) is 0 Å². The minimum absolute atomic E-state index is 0.0837. The Bertz CT molecular complexity index is 512. The SMILES string of the molecule is S=C1NCC(c2ccccc2)(c2ccccc2)S1. The van der Waals surface area contributed by atoms with E-state index in [4.69, 9.17) is 12.2 Å². The lowest BCUT2D eigenvalue weighted by molar-refractivity contribution is 0.728. The third-order valence-corrected chi connectivity index (χ3v) is 4.92. The molecule has 1 heterocycles. The van der Waals surface area contributed by atoms with Crippen LogP contribution in [0.2, 0.25) is 0 Å². The quantitative estimate of drug-likeness (QED) is 0.839. The zero-order valence-electron chi connectivity index (χ0n) is 9.80. The topological polar surface area (TPSA) is 12.0 Å². The molecule has 0 amide bonds. The largest absolute Gasteiger partial charge is 0.369 e. The van der Waals surface area contributed by atoms with Gasteiger partial charge >= 0.3 is 0 Å². The Kier molecular flexibility index (Phi) is 3.10. The van der Waals surface area contributed by atoms with Crippen LogP contribution in [0.15, 0.2) is 60.7 Å². The minimum Gasteiger partial charge on any atom is -0.369 e. The highest BCUT2D eigenvalue weighted by Gasteiger charge is 2.40. The Hall–Kier alpha value is -1.32. The summed E-state index contributed by atoms with van der Waals surface area (Å²) < 4.78 is 0.794. The molecular weight excluding hydrogens is 258 g/mol. The van der Waals surface area contributed by atoms with Gasteiger partial charge in [0, 0.05) is 6.54 Å². The van der Waals surface area contributed by atoms with Gasteiger partial charge in [-0.2, -0.15) is 0 Å². The van der Waals surface area contributed by atoms with Crippen molar-refractivity contribution in [1.29, 1.82) is 0 Å². The van der Waals surface area contributed by atoms with Crippen LogP contribution in [0.4, 0.5) is 0 Å². The number of nitrogens with one attached hydrogen (secondary N) is 1. The van der Waals surface area contributed by atoms with Crippen molar-refractivity contribution in [3.63, 3.8) is 0 Å². The Morgan fingerprint density at radius 1 is 0.889 bits per heavy atom. The molecule has 2 aromatic rings. The Balaban J connectivity index is 2.14. The maximum atomic E-state index is 5.32. The molecule has 1 aliphatic rings. The summed E-state index contributed by atoms with van der Waals surface area (Å²) in [6, 6.07) is 21.1. The van der Waals surface area contributed by atoms with E-state index < -0.39 is 0 Å². The molecule has 0 spiro atoms. The van der Waals surface area contributed by atoms with Crippen LogP contribution in [-0.2, 0) is 4.75 Å². The van der Waals surface area contributed by atoms with E-state index in [2.05, 4.69) is 53.8 Å². The van der Waals surface area contributed by atoms with Gasteiger partial charge in [0.1, 0.15) is 4.32 Å². The van der Waals surface area contributed by atoms with E-state index in [1.807, 2.05) is 12.1 Å². The fourth-order valence-electron chi connectivity index (χ4n) is 2.33. The highest BCUT2D eigenvalue weighted by molar-refractivity contribution is 8.24. The number of thiocarbonyl (C=S) groups is 1. The monoisotopic (exact) mass is 271 g/mol. The molecule has 0 unspecified atom stereocenters. The van der Waals surface area contributed by atoms with Gasteiger partial charge in [0.15, 0.2) is 0 Å². The van der Waals surface area contributed by atoms with Crippen molar-refractivity contribution >= 4 is 28.3 Å². The third kappa shape index (κ3) is 1.93. The van der Waals surface area contributed by atoms with Crippen molar-refractivity contribution in [2.45, 2.75) is 4.75 Å². The summed E-state index contributed by atoms with van der Waals surface area (Å²) in [6.07, 6.45) is 0. The summed E-state index contributed by atoms with van der Waals surface area (Å²) >= 11 is 7.06. The molecule has 18 heavy (non-hydrogen) atoms. The van der Waals surface area contributed by atoms with Gasteiger partial charge in [0.05, 0.1) is 4.75 Å². The van der Waals surface area contributed by atoms with Crippen LogP contribution in [-0.4, -0.2) is 10.9 Å². The normalized spacial score (nSPS) is 17.4. The van der Waals surface area contributed by atoms with Gasteiger partial charge in [-0.1, -0.05) is 84.6 Å². The molecular formula is C15H13NS2. The second-order valence-corrected chi connectivity index (χ2v) is 6.28. The summed E-state index contributed by atoms with van der Waals surface area (Å²) in [5.74, 6) is 0. The number of hydrogen-bond acceptors (Lipinski definition) is 2. The summed E-state index contributed by atoms with van der Waals surface area (Å²) in [7, 11) is 0. The van der Waals surface area contributed by atoms with Crippen molar-refractivity contribution in [3.05, 3.63) is 71.8 Å². The third-order valence-electron chi connectivity index (χ3n) is 3.23. The number of thioether (sulfide) groups is 1. The molecule has 3 heteroatoms. The van der Waals surface area contributed by atoms with Gasteiger partial charge in [0.2, 0.25) is 0 Å². The molecule has 0 radical (unpaired) electrons. The molecule has 1 fully saturated rings. The first-order valence-corrected chi connectivity index (χ1v) is 7.12. The van der Waals surface area contributed by atoms with E-state index in [9.17, 15) is 0 Å². The predicted octanol–water partition coefficient (Wildman–Crippen LogP) is 3.55. The molecule has 0 atom stereocenters. The van der Waals surface area contributed by atoms with E-state index in [-0.39, 0.29) is 4.75 Å². The smallest absolute Gasteiger partial charge is 0.135 e. The second-order valence-electron chi connectivity index (χ2n) is 4.30. The molecule has 0 aromatic heterocycles. The fourth-order valence-corrected chi connectivity index (χ4v) is 3.94. The number of benzene rings is 2. The molecule has 90 valence electrons. The summed E-state index contributed by atoms with van der Waals surface area (Å²) in [4.78, 5) is 0. The zero-order valence-corrected chi connectivity index (χ0v) is 11.4. The van der Waals surface area contributed by atoms with Crippen molar-refractivity contribution in [3.8, 4) is 0 Å². The van der Waals surface area contributed by atoms with Crippen LogP contribution < -0.4 is 5.32 Å². The molecule has 2 aromatic carbocycles. The Labute approximate surface area is 117 Å². The van der Waals surface area contributed by atoms with Crippen LogP contribution in [0.25, 0.3) is 0 Å². The first-order chi connectivity index (χ1) is 8.81. The molecule has 1 saturated heterocycles. The maximum absolute atomic E-state index is 5.32. The Morgan fingerprint density at radius 3 is 1.78 bits per heavy atom. The lowest BCUT2D eigenvalue weighted by Crippen LogP contribution is -2.28. The first kappa shape index (κ1) is 11.8. The first-order valence-electron chi connectivity index (χ1n) is 5.89. The van der Waals surface area contributed by atoms with E-state index in [1.54, 1.807) is 11.8 Å². The molecule has 0 saturated carbocycles. The lowest BCUT2D eigenvalue weighted by Gasteiger charge is -2.27. The van der Waals surface area contributed by atoms with E-state index in [1.165, 1.54) is 11.1 Å². The molecule has 0 bridgehead atoms. The van der Waals surface area contributed by atoms with Gasteiger partial charge in [-0.25, -0.2) is 0 Å². The second kappa shape index (κ2) is 4.75. The van der Waals surface area contributed by atoms with Crippen LogP contribution >= 0.6 is 24.0 Å². The average Bonchev–Trinajstić information content (AvgIpc) is 2.84. The molecule has 1 aliphatic heterocycles. The zero-order chi connectivity index (χ0) is 12.4. The Morgan fingerprint density at radius 2 is 1.39 bits per heavy atom. The average molecular weight is 271 g/mol. The fraction of sp³-hybridized carbons (Fsp3) is 0.133. The molecule has 3 rings (SSSR count). The lowest BCUT2D eigenvalue weighted by atomic mass is 9.90. The van der Waals surface area contributed by atoms with Crippen molar-refractivity contribution in [1.82, 2.24) is 5.32 Å². The highest BCUT2D eigenvalue weighted by Crippen LogP contribution is 2.45. The van der Waals surface area contributed by atoms with Crippen LogP contribution in [0.3, 0.4) is 0 Å². The standard InChI is InChI=1S/C15H13NS2/c17-14-16-11-15(18-14,12-7-3-1-4-8-12)13-9-5-2-6-10-13/h1-10H,11H2,(H,16,17). The summed E-state index contributed by atoms with van der Waals surface area (Å²) in [5, 5.41) is 3.30. The van der Waals surface area contributed by atoms with Crippen molar-refractivity contribution < 1.29 is 0 Å². The number of hydrogen-bond donors (Lipinski definition) is 1. The van der Waals surface area contributed by atoms with Crippen LogP contribution in [0.5, 0.6) is 0 Å². The predicted molar refractivity (Wildman–Crippen MR) is 81.9 cm³/mol. The van der Waals surface area contributed by atoms with Gasteiger partial charge < -0.3 is 5.32 Å². The summed E-state index contributed by atoms with van der Waals surface area (Å²) in [6.45, 7) is 0.852. The van der Waals surface area contributed by atoms with Gasteiger partial charge in [0.25, 0.3) is 0 Å². The molecule has 1 nitrogen and oxygen atoms in total. The van der Waals surface area contributed by atoms with Crippen molar-refractivity contribution in [2.75, 3.05) is 6.54 Å². The van der Waals surface area contributed by atoms with Gasteiger partial charge in [-0.15, -0.1) is 0 Å². The van der Waals surface area contributed by atoms with E-state index in [0.717, 1.165) is 10.9 Å². The summed E-state index contributed by atoms with van der Waals surface area (Å²) in [5.41, 5.74) is 2.60. The van der Waals surface area contributed by atoms with Gasteiger partial charge in [-0.05, 0) is 11.1 Å². The molecule has 0 aliphatic carbocycles. The van der Waals surface area contributed by atoms with Gasteiger partial charge in [-0.3, -0.25) is 0 Å². The highest BCUT2D eigenvalue weighted by atomic mass is 32.2.